The fraction of sp³-hybridized carbons (Fsp3) is 0.462. The van der Waals surface area contributed by atoms with Crippen LogP contribution in [-0.4, -0.2) is 57.1 Å². The zero-order chi connectivity index (χ0) is 25.1. The summed E-state index contributed by atoms with van der Waals surface area (Å²) in [5.41, 5.74) is 2.71. The van der Waals surface area contributed by atoms with Crippen molar-refractivity contribution in [3.05, 3.63) is 65.7 Å². The number of aryl methyl sites for hydroxylation is 1. The van der Waals surface area contributed by atoms with Crippen molar-refractivity contribution >= 4 is 27.5 Å². The molecule has 1 atom stereocenters. The van der Waals surface area contributed by atoms with Gasteiger partial charge in [-0.25, -0.2) is 8.42 Å². The number of hydrogen-bond acceptors (Lipinski definition) is 4. The van der Waals surface area contributed by atoms with Crippen molar-refractivity contribution < 1.29 is 18.0 Å². The number of benzene rings is 2. The Kier molecular flexibility index (Phi) is 10.6. The van der Waals surface area contributed by atoms with Crippen LogP contribution in [0.15, 0.2) is 54.6 Å². The second-order valence-corrected chi connectivity index (χ2v) is 10.3. The quantitative estimate of drug-likeness (QED) is 0.468. The Hall–Kier alpha value is -2.87. The van der Waals surface area contributed by atoms with Crippen LogP contribution in [0.5, 0.6) is 0 Å². The van der Waals surface area contributed by atoms with Gasteiger partial charge in [-0.2, -0.15) is 0 Å². The van der Waals surface area contributed by atoms with E-state index in [9.17, 15) is 18.0 Å². The minimum atomic E-state index is -3.49. The summed E-state index contributed by atoms with van der Waals surface area (Å²) in [7, 11) is -3.49. The standard InChI is InChI=1S/C26H37N3O4S/c1-5-24(26(31)27-6-2)28(20-18-22-11-8-7-9-12-22)25(30)13-10-19-29(34(4,32)33)23-16-14-21(3)15-17-23/h7-9,11-12,14-17,24H,5-6,10,13,18-20H2,1-4H3,(H,27,31). The molecule has 0 fully saturated rings. The van der Waals surface area contributed by atoms with E-state index in [1.54, 1.807) is 17.0 Å². The molecule has 1 unspecified atom stereocenters. The summed E-state index contributed by atoms with van der Waals surface area (Å²) >= 11 is 0. The molecule has 0 aliphatic rings. The van der Waals surface area contributed by atoms with E-state index in [0.29, 0.717) is 38.0 Å². The van der Waals surface area contributed by atoms with Gasteiger partial charge in [0.2, 0.25) is 21.8 Å². The molecule has 186 valence electrons. The monoisotopic (exact) mass is 487 g/mol. The predicted octanol–water partition coefficient (Wildman–Crippen LogP) is 3.53. The van der Waals surface area contributed by atoms with E-state index in [4.69, 9.17) is 0 Å². The molecule has 8 heteroatoms. The van der Waals surface area contributed by atoms with Crippen molar-refractivity contribution in [2.24, 2.45) is 0 Å². The molecule has 0 saturated heterocycles. The zero-order valence-electron chi connectivity index (χ0n) is 20.7. The van der Waals surface area contributed by atoms with Crippen molar-refractivity contribution in [1.82, 2.24) is 10.2 Å². The molecule has 2 rings (SSSR count). The first kappa shape index (κ1) is 27.4. The van der Waals surface area contributed by atoms with Gasteiger partial charge in [0.15, 0.2) is 0 Å². The van der Waals surface area contributed by atoms with Gasteiger partial charge in [-0.05, 0) is 50.8 Å². The first-order valence-electron chi connectivity index (χ1n) is 11.8. The molecule has 0 aromatic heterocycles. The fourth-order valence-electron chi connectivity index (χ4n) is 3.90. The number of sulfonamides is 1. The average molecular weight is 488 g/mol. The van der Waals surface area contributed by atoms with Crippen molar-refractivity contribution in [2.45, 2.75) is 52.5 Å². The van der Waals surface area contributed by atoms with E-state index >= 15 is 0 Å². The van der Waals surface area contributed by atoms with Crippen molar-refractivity contribution in [3.63, 3.8) is 0 Å². The van der Waals surface area contributed by atoms with Gasteiger partial charge >= 0.3 is 0 Å². The lowest BCUT2D eigenvalue weighted by atomic mass is 10.1. The Bertz CT molecular complexity index is 1020. The largest absolute Gasteiger partial charge is 0.355 e. The zero-order valence-corrected chi connectivity index (χ0v) is 21.5. The van der Waals surface area contributed by atoms with Gasteiger partial charge in [0, 0.05) is 26.1 Å². The van der Waals surface area contributed by atoms with Crippen LogP contribution in [-0.2, 0) is 26.0 Å². The summed E-state index contributed by atoms with van der Waals surface area (Å²) < 4.78 is 26.1. The van der Waals surface area contributed by atoms with Crippen LogP contribution in [0.3, 0.4) is 0 Å². The molecule has 2 aromatic carbocycles. The first-order valence-corrected chi connectivity index (χ1v) is 13.7. The third-order valence-corrected chi connectivity index (χ3v) is 6.89. The van der Waals surface area contributed by atoms with E-state index in [1.165, 1.54) is 10.6 Å². The molecule has 0 aliphatic heterocycles. The van der Waals surface area contributed by atoms with Gasteiger partial charge in [-0.1, -0.05) is 55.0 Å². The SMILES string of the molecule is CCNC(=O)C(CC)N(CCc1ccccc1)C(=O)CCCN(c1ccc(C)cc1)S(C)(=O)=O. The van der Waals surface area contributed by atoms with E-state index in [2.05, 4.69) is 5.32 Å². The highest BCUT2D eigenvalue weighted by Gasteiger charge is 2.28. The number of rotatable bonds is 13. The van der Waals surface area contributed by atoms with E-state index < -0.39 is 16.1 Å². The molecule has 34 heavy (non-hydrogen) atoms. The second kappa shape index (κ2) is 13.1. The lowest BCUT2D eigenvalue weighted by molar-refractivity contribution is -0.140. The van der Waals surface area contributed by atoms with Crippen molar-refractivity contribution in [3.8, 4) is 0 Å². The Balaban J connectivity index is 2.12. The molecule has 7 nitrogen and oxygen atoms in total. The Labute approximate surface area is 204 Å². The van der Waals surface area contributed by atoms with Crippen LogP contribution in [0.4, 0.5) is 5.69 Å². The van der Waals surface area contributed by atoms with Crippen molar-refractivity contribution in [2.75, 3.05) is 30.2 Å². The number of hydrogen-bond donors (Lipinski definition) is 1. The fourth-order valence-corrected chi connectivity index (χ4v) is 4.87. The maximum atomic E-state index is 13.3. The first-order chi connectivity index (χ1) is 16.2. The highest BCUT2D eigenvalue weighted by molar-refractivity contribution is 7.92. The molecule has 2 amide bonds. The second-order valence-electron chi connectivity index (χ2n) is 8.42. The Morgan fingerprint density at radius 1 is 0.971 bits per heavy atom. The van der Waals surface area contributed by atoms with Crippen LogP contribution in [0.25, 0.3) is 0 Å². The number of amides is 2. The lowest BCUT2D eigenvalue weighted by Crippen LogP contribution is -2.50. The number of nitrogens with one attached hydrogen (secondary N) is 1. The topological polar surface area (TPSA) is 86.8 Å². The number of carbonyl (C=O) groups is 2. The highest BCUT2D eigenvalue weighted by atomic mass is 32.2. The molecule has 2 aromatic rings. The molecule has 0 radical (unpaired) electrons. The van der Waals surface area contributed by atoms with E-state index in [-0.39, 0.29) is 24.8 Å². The highest BCUT2D eigenvalue weighted by Crippen LogP contribution is 2.19. The van der Waals surface area contributed by atoms with Gasteiger partial charge in [0.25, 0.3) is 0 Å². The molecule has 1 N–H and O–H groups in total. The van der Waals surface area contributed by atoms with Gasteiger partial charge in [0.1, 0.15) is 6.04 Å². The summed E-state index contributed by atoms with van der Waals surface area (Å²) in [5.74, 6) is -0.310. The van der Waals surface area contributed by atoms with Crippen molar-refractivity contribution in [1.29, 1.82) is 0 Å². The predicted molar refractivity (Wildman–Crippen MR) is 137 cm³/mol. The van der Waals surface area contributed by atoms with Gasteiger partial charge in [-0.3, -0.25) is 13.9 Å². The van der Waals surface area contributed by atoms with Crippen LogP contribution in [0.2, 0.25) is 0 Å². The van der Waals surface area contributed by atoms with Crippen LogP contribution in [0, 0.1) is 6.92 Å². The van der Waals surface area contributed by atoms with Crippen LogP contribution < -0.4 is 9.62 Å². The third kappa shape index (κ3) is 8.17. The third-order valence-electron chi connectivity index (χ3n) is 5.70. The summed E-state index contributed by atoms with van der Waals surface area (Å²) in [6.07, 6.45) is 2.82. The number of likely N-dealkylation sites (N-methyl/N-ethyl adjacent to an activating group) is 1. The molecule has 0 heterocycles. The minimum Gasteiger partial charge on any atom is -0.355 e. The smallest absolute Gasteiger partial charge is 0.242 e. The lowest BCUT2D eigenvalue weighted by Gasteiger charge is -2.31. The molecule has 0 spiro atoms. The van der Waals surface area contributed by atoms with Gasteiger partial charge < -0.3 is 10.2 Å². The molecular weight excluding hydrogens is 450 g/mol. The normalized spacial score (nSPS) is 12.1. The maximum Gasteiger partial charge on any atom is 0.242 e. The number of anilines is 1. The van der Waals surface area contributed by atoms with Crippen LogP contribution >= 0.6 is 0 Å². The summed E-state index contributed by atoms with van der Waals surface area (Å²) in [5, 5.41) is 2.83. The summed E-state index contributed by atoms with van der Waals surface area (Å²) in [4.78, 5) is 27.6. The Morgan fingerprint density at radius 3 is 2.18 bits per heavy atom. The number of nitrogens with zero attached hydrogens (tertiary/aromatic N) is 2. The maximum absolute atomic E-state index is 13.3. The van der Waals surface area contributed by atoms with E-state index in [1.807, 2.05) is 63.2 Å². The Morgan fingerprint density at radius 2 is 1.62 bits per heavy atom. The van der Waals surface area contributed by atoms with Gasteiger partial charge in [0.05, 0.1) is 11.9 Å². The van der Waals surface area contributed by atoms with Crippen LogP contribution in [0.1, 0.15) is 44.2 Å². The molecule has 0 saturated carbocycles. The summed E-state index contributed by atoms with van der Waals surface area (Å²) in [6, 6.07) is 16.6. The minimum absolute atomic E-state index is 0.147. The molecular formula is C26H37N3O4S. The average Bonchev–Trinajstić information content (AvgIpc) is 2.80. The molecule has 0 aliphatic carbocycles. The number of carbonyl (C=O) groups excluding carboxylic acids is 2. The molecule has 0 bridgehead atoms. The summed E-state index contributed by atoms with van der Waals surface area (Å²) in [6.45, 7) is 6.80. The van der Waals surface area contributed by atoms with Gasteiger partial charge in [-0.15, -0.1) is 0 Å². The van der Waals surface area contributed by atoms with E-state index in [0.717, 1.165) is 11.1 Å².